The van der Waals surface area contributed by atoms with E-state index in [-0.39, 0.29) is 11.4 Å². The van der Waals surface area contributed by atoms with Gasteiger partial charge >= 0.3 is 0 Å². The van der Waals surface area contributed by atoms with E-state index in [1.807, 2.05) is 6.26 Å². The molecule has 0 fully saturated rings. The summed E-state index contributed by atoms with van der Waals surface area (Å²) < 4.78 is 26.6. The lowest BCUT2D eigenvalue weighted by molar-refractivity contribution is 0.468. The van der Waals surface area contributed by atoms with E-state index in [1.165, 1.54) is 18.0 Å². The van der Waals surface area contributed by atoms with Gasteiger partial charge in [-0.3, -0.25) is 4.98 Å². The topological polar surface area (TPSA) is 38.7 Å². The van der Waals surface area contributed by atoms with Crippen LogP contribution in [0.4, 0.5) is 8.78 Å². The van der Waals surface area contributed by atoms with Gasteiger partial charge in [0, 0.05) is 11.6 Å². The maximum Gasteiger partial charge on any atom is 0.188 e. The number of hydrogen-bond donors (Lipinski definition) is 0. The van der Waals surface area contributed by atoms with Crippen LogP contribution in [0.2, 0.25) is 0 Å². The van der Waals surface area contributed by atoms with Gasteiger partial charge in [0.15, 0.2) is 5.16 Å². The number of alkyl halides is 2. The van der Waals surface area contributed by atoms with Crippen LogP contribution in [0.25, 0.3) is 10.9 Å². The van der Waals surface area contributed by atoms with E-state index in [2.05, 4.69) is 37.5 Å². The van der Waals surface area contributed by atoms with Gasteiger partial charge in [-0.15, -0.1) is 0 Å². The van der Waals surface area contributed by atoms with E-state index < -0.39 is 13.3 Å². The summed E-state index contributed by atoms with van der Waals surface area (Å²) in [5.74, 6) is 0. The minimum Gasteiger partial charge on any atom is -0.257 e. The number of aromatic nitrogens is 3. The highest BCUT2D eigenvalue weighted by atomic mass is 127. The van der Waals surface area contributed by atoms with Crippen LogP contribution >= 0.6 is 34.4 Å². The van der Waals surface area contributed by atoms with Gasteiger partial charge in [0.1, 0.15) is 13.3 Å². The molecule has 0 atom stereocenters. The number of fused-ring (bicyclic) bond motifs is 1. The molecule has 0 aliphatic rings. The van der Waals surface area contributed by atoms with Crippen LogP contribution in [0.3, 0.4) is 0 Å². The quantitative estimate of drug-likeness (QED) is 0.474. The molecule has 7 heteroatoms. The molecule has 0 aliphatic heterocycles. The molecule has 0 aliphatic carbocycles. The highest BCUT2D eigenvalue weighted by Crippen LogP contribution is 2.26. The van der Waals surface area contributed by atoms with Crippen LogP contribution in [0.15, 0.2) is 11.4 Å². The van der Waals surface area contributed by atoms with Crippen LogP contribution in [0, 0.1) is 3.57 Å². The molecule has 17 heavy (non-hydrogen) atoms. The lowest BCUT2D eigenvalue weighted by atomic mass is 10.2. The fourth-order valence-electron chi connectivity index (χ4n) is 1.51. The number of thioether (sulfide) groups is 1. The van der Waals surface area contributed by atoms with Crippen LogP contribution < -0.4 is 0 Å². The Morgan fingerprint density at radius 3 is 2.53 bits per heavy atom. The summed E-state index contributed by atoms with van der Waals surface area (Å²) in [5.41, 5.74) is 0.971. The molecule has 2 aromatic heterocycles. The molecule has 0 radical (unpaired) electrons. The fourth-order valence-corrected chi connectivity index (χ4v) is 2.42. The lowest BCUT2D eigenvalue weighted by Gasteiger charge is -2.08. The molecule has 0 aromatic carbocycles. The summed E-state index contributed by atoms with van der Waals surface area (Å²) >= 11 is 3.38. The first-order valence-corrected chi connectivity index (χ1v) is 7.01. The Morgan fingerprint density at radius 2 is 1.94 bits per heavy atom. The predicted octanol–water partition coefficient (Wildman–Crippen LogP) is 3.29. The molecule has 0 saturated carbocycles. The molecular weight excluding hydrogens is 359 g/mol. The molecule has 0 spiro atoms. The number of nitrogens with zero attached hydrogens (tertiary/aromatic N) is 3. The zero-order valence-electron chi connectivity index (χ0n) is 8.88. The predicted molar refractivity (Wildman–Crippen MR) is 71.5 cm³/mol. The average Bonchev–Trinajstić information content (AvgIpc) is 2.38. The number of hydrogen-bond acceptors (Lipinski definition) is 4. The summed E-state index contributed by atoms with van der Waals surface area (Å²) in [4.78, 5) is 12.3. The highest BCUT2D eigenvalue weighted by Gasteiger charge is 2.14. The Hall–Kier alpha value is -0.570. The molecule has 2 heterocycles. The molecular formula is C10H8F2IN3S. The fraction of sp³-hybridized carbons (Fsp3) is 0.300. The third kappa shape index (κ3) is 2.35. The monoisotopic (exact) mass is 367 g/mol. The largest absolute Gasteiger partial charge is 0.257 e. The Kier molecular flexibility index (Phi) is 4.08. The Morgan fingerprint density at radius 1 is 1.24 bits per heavy atom. The molecule has 0 bridgehead atoms. The first-order chi connectivity index (χ1) is 8.21. The zero-order valence-corrected chi connectivity index (χ0v) is 11.8. The van der Waals surface area contributed by atoms with Crippen molar-refractivity contribution in [1.29, 1.82) is 0 Å². The Labute approximate surface area is 115 Å². The van der Waals surface area contributed by atoms with E-state index in [1.54, 1.807) is 0 Å². The number of halogens is 3. The van der Waals surface area contributed by atoms with Crippen LogP contribution in [0.5, 0.6) is 0 Å². The normalized spacial score (nSPS) is 11.1. The highest BCUT2D eigenvalue weighted by molar-refractivity contribution is 14.1. The smallest absolute Gasteiger partial charge is 0.188 e. The van der Waals surface area contributed by atoms with Crippen molar-refractivity contribution in [3.8, 4) is 0 Å². The summed E-state index contributed by atoms with van der Waals surface area (Å²) in [6, 6.07) is 0. The summed E-state index contributed by atoms with van der Waals surface area (Å²) in [5, 5.41) is 0.888. The van der Waals surface area contributed by atoms with Gasteiger partial charge in [0.2, 0.25) is 0 Å². The molecule has 0 amide bonds. The minimum absolute atomic E-state index is 0.195. The van der Waals surface area contributed by atoms with Crippen molar-refractivity contribution >= 4 is 45.3 Å². The summed E-state index contributed by atoms with van der Waals surface area (Å²) in [6.45, 7) is -1.50. The van der Waals surface area contributed by atoms with Crippen LogP contribution in [-0.4, -0.2) is 21.2 Å². The molecule has 0 N–H and O–H groups in total. The second-order valence-electron chi connectivity index (χ2n) is 3.20. The maximum atomic E-state index is 13.0. The average molecular weight is 367 g/mol. The van der Waals surface area contributed by atoms with E-state index in [0.29, 0.717) is 16.1 Å². The SMILES string of the molecule is CSc1nc(CF)c2c(CF)ncc(I)c2n1. The second kappa shape index (κ2) is 5.38. The van der Waals surface area contributed by atoms with Crippen molar-refractivity contribution in [1.82, 2.24) is 15.0 Å². The molecule has 0 unspecified atom stereocenters. The standard InChI is InChI=1S/C10H8F2IN3S/c1-17-10-15-7(3-12)8-6(2-11)14-4-5(13)9(8)16-10/h4H,2-3H2,1H3. The minimum atomic E-state index is -0.749. The lowest BCUT2D eigenvalue weighted by Crippen LogP contribution is -2.01. The van der Waals surface area contributed by atoms with Gasteiger partial charge in [-0.05, 0) is 28.8 Å². The van der Waals surface area contributed by atoms with Gasteiger partial charge in [-0.25, -0.2) is 18.7 Å². The van der Waals surface area contributed by atoms with Crippen molar-refractivity contribution < 1.29 is 8.78 Å². The second-order valence-corrected chi connectivity index (χ2v) is 5.14. The van der Waals surface area contributed by atoms with E-state index >= 15 is 0 Å². The third-order valence-corrected chi connectivity index (χ3v) is 3.58. The van der Waals surface area contributed by atoms with Gasteiger partial charge in [0.25, 0.3) is 0 Å². The maximum absolute atomic E-state index is 13.0. The van der Waals surface area contributed by atoms with Crippen molar-refractivity contribution in [3.05, 3.63) is 21.2 Å². The number of rotatable bonds is 3. The molecule has 2 aromatic rings. The van der Waals surface area contributed by atoms with Gasteiger partial charge in [0.05, 0.1) is 20.5 Å². The summed E-state index contributed by atoms with van der Waals surface area (Å²) in [6.07, 6.45) is 3.35. The van der Waals surface area contributed by atoms with Crippen molar-refractivity contribution in [2.24, 2.45) is 0 Å². The first-order valence-electron chi connectivity index (χ1n) is 4.71. The third-order valence-electron chi connectivity index (χ3n) is 2.25. The van der Waals surface area contributed by atoms with E-state index in [9.17, 15) is 8.78 Å². The van der Waals surface area contributed by atoms with Crippen molar-refractivity contribution in [2.75, 3.05) is 6.26 Å². The Bertz CT molecular complexity index is 565. The Balaban J connectivity index is 2.86. The molecule has 0 saturated heterocycles. The van der Waals surface area contributed by atoms with Crippen LogP contribution in [-0.2, 0) is 13.3 Å². The van der Waals surface area contributed by atoms with Crippen molar-refractivity contribution in [3.63, 3.8) is 0 Å². The van der Waals surface area contributed by atoms with Crippen molar-refractivity contribution in [2.45, 2.75) is 18.5 Å². The first kappa shape index (κ1) is 12.9. The zero-order chi connectivity index (χ0) is 12.4. The summed E-state index contributed by atoms with van der Waals surface area (Å²) in [7, 11) is 0. The van der Waals surface area contributed by atoms with Gasteiger partial charge in [-0.1, -0.05) is 11.8 Å². The molecule has 2 rings (SSSR count). The van der Waals surface area contributed by atoms with Gasteiger partial charge in [-0.2, -0.15) is 0 Å². The van der Waals surface area contributed by atoms with E-state index in [0.717, 1.165) is 3.57 Å². The van der Waals surface area contributed by atoms with Crippen LogP contribution in [0.1, 0.15) is 11.4 Å². The number of pyridine rings is 1. The molecule has 3 nitrogen and oxygen atoms in total. The van der Waals surface area contributed by atoms with E-state index in [4.69, 9.17) is 0 Å². The van der Waals surface area contributed by atoms with Gasteiger partial charge < -0.3 is 0 Å². The molecule has 90 valence electrons.